The van der Waals surface area contributed by atoms with Gasteiger partial charge in [0.15, 0.2) is 0 Å². The molecule has 0 unspecified atom stereocenters. The van der Waals surface area contributed by atoms with E-state index in [1.807, 2.05) is 5.32 Å². The summed E-state index contributed by atoms with van der Waals surface area (Å²) in [4.78, 5) is 7.12. The molecule has 0 aliphatic heterocycles. The molecule has 0 aliphatic carbocycles. The van der Waals surface area contributed by atoms with Gasteiger partial charge < -0.3 is 5.32 Å². The van der Waals surface area contributed by atoms with Crippen molar-refractivity contribution in [2.24, 2.45) is 0 Å². The smallest absolute Gasteiger partial charge is 0.345 e. The van der Waals surface area contributed by atoms with Gasteiger partial charge in [-0.15, -0.1) is 0 Å². The third-order valence-corrected chi connectivity index (χ3v) is 1.01. The van der Waals surface area contributed by atoms with Crippen LogP contribution in [0.2, 0.25) is 0 Å². The zero-order valence-electron chi connectivity index (χ0n) is 5.97. The SMILES string of the molecule is FC(F)(F)CNc1ncccn1. The minimum Gasteiger partial charge on any atom is -0.345 e. The highest BCUT2D eigenvalue weighted by Crippen LogP contribution is 2.14. The van der Waals surface area contributed by atoms with Gasteiger partial charge in [-0.2, -0.15) is 13.2 Å². The standard InChI is InChI=1S/C6H6F3N3/c7-6(8,9)4-12-5-10-2-1-3-11-5/h1-3H,4H2,(H,10,11,12). The molecule has 12 heavy (non-hydrogen) atoms. The summed E-state index contributed by atoms with van der Waals surface area (Å²) in [6, 6.07) is 1.53. The second kappa shape index (κ2) is 3.38. The lowest BCUT2D eigenvalue weighted by Crippen LogP contribution is -2.22. The summed E-state index contributed by atoms with van der Waals surface area (Å²) < 4.78 is 34.9. The van der Waals surface area contributed by atoms with Crippen molar-refractivity contribution in [1.29, 1.82) is 0 Å². The minimum atomic E-state index is -4.24. The summed E-state index contributed by atoms with van der Waals surface area (Å²) in [6.45, 7) is -1.11. The molecule has 0 saturated carbocycles. The van der Waals surface area contributed by atoms with Gasteiger partial charge in [0.1, 0.15) is 6.54 Å². The van der Waals surface area contributed by atoms with Crippen LogP contribution in [0.4, 0.5) is 19.1 Å². The van der Waals surface area contributed by atoms with Crippen molar-refractivity contribution in [1.82, 2.24) is 9.97 Å². The normalized spacial score (nSPS) is 11.2. The molecule has 3 nitrogen and oxygen atoms in total. The van der Waals surface area contributed by atoms with Gasteiger partial charge >= 0.3 is 6.18 Å². The van der Waals surface area contributed by atoms with Crippen LogP contribution in [0.15, 0.2) is 18.5 Å². The zero-order chi connectivity index (χ0) is 9.03. The van der Waals surface area contributed by atoms with Gasteiger partial charge in [0.2, 0.25) is 5.95 Å². The van der Waals surface area contributed by atoms with Gasteiger partial charge in [0, 0.05) is 12.4 Å². The Labute approximate surface area is 66.6 Å². The molecule has 0 spiro atoms. The van der Waals surface area contributed by atoms with E-state index in [4.69, 9.17) is 0 Å². The first-order chi connectivity index (χ1) is 5.58. The lowest BCUT2D eigenvalue weighted by Gasteiger charge is -2.06. The molecule has 1 aromatic rings. The highest BCUT2D eigenvalue weighted by molar-refractivity contribution is 5.22. The number of hydrogen-bond acceptors (Lipinski definition) is 3. The molecule has 0 fully saturated rings. The first kappa shape index (κ1) is 8.76. The molecule has 1 rings (SSSR count). The second-order valence-electron chi connectivity index (χ2n) is 2.04. The second-order valence-corrected chi connectivity index (χ2v) is 2.04. The number of hydrogen-bond donors (Lipinski definition) is 1. The van der Waals surface area contributed by atoms with Crippen LogP contribution in [0, 0.1) is 0 Å². The Bertz CT molecular complexity index is 234. The Morgan fingerprint density at radius 2 is 1.83 bits per heavy atom. The van der Waals surface area contributed by atoms with E-state index in [2.05, 4.69) is 9.97 Å². The Kier molecular flexibility index (Phi) is 2.47. The maximum absolute atomic E-state index is 11.6. The van der Waals surface area contributed by atoms with Crippen LogP contribution in [0.1, 0.15) is 0 Å². The first-order valence-electron chi connectivity index (χ1n) is 3.15. The summed E-state index contributed by atoms with van der Waals surface area (Å²) in [7, 11) is 0. The number of halogens is 3. The summed E-state index contributed by atoms with van der Waals surface area (Å²) in [6.07, 6.45) is -1.50. The molecule has 66 valence electrons. The van der Waals surface area contributed by atoms with Crippen LogP contribution in [0.5, 0.6) is 0 Å². The Balaban J connectivity index is 2.44. The monoisotopic (exact) mass is 177 g/mol. The van der Waals surface area contributed by atoms with E-state index in [0.29, 0.717) is 0 Å². The molecule has 0 atom stereocenters. The van der Waals surface area contributed by atoms with Crippen LogP contribution >= 0.6 is 0 Å². The molecule has 6 heteroatoms. The van der Waals surface area contributed by atoms with Gasteiger partial charge in [-0.3, -0.25) is 0 Å². The van der Waals surface area contributed by atoms with E-state index >= 15 is 0 Å². The fourth-order valence-electron chi connectivity index (χ4n) is 0.570. The maximum Gasteiger partial charge on any atom is 0.405 e. The van der Waals surface area contributed by atoms with Crippen LogP contribution in [-0.2, 0) is 0 Å². The van der Waals surface area contributed by atoms with Crippen molar-refractivity contribution in [3.63, 3.8) is 0 Å². The molecule has 0 saturated heterocycles. The van der Waals surface area contributed by atoms with Crippen molar-refractivity contribution in [3.8, 4) is 0 Å². The maximum atomic E-state index is 11.6. The highest BCUT2D eigenvalue weighted by Gasteiger charge is 2.26. The fraction of sp³-hybridized carbons (Fsp3) is 0.333. The lowest BCUT2D eigenvalue weighted by atomic mass is 10.6. The van der Waals surface area contributed by atoms with Crippen LogP contribution < -0.4 is 5.32 Å². The van der Waals surface area contributed by atoms with E-state index in [9.17, 15) is 13.2 Å². The van der Waals surface area contributed by atoms with E-state index in [-0.39, 0.29) is 5.95 Å². The largest absolute Gasteiger partial charge is 0.405 e. The predicted octanol–water partition coefficient (Wildman–Crippen LogP) is 1.45. The van der Waals surface area contributed by atoms with Gasteiger partial charge in [0.05, 0.1) is 0 Å². The van der Waals surface area contributed by atoms with Crippen molar-refractivity contribution in [2.75, 3.05) is 11.9 Å². The van der Waals surface area contributed by atoms with E-state index < -0.39 is 12.7 Å². The van der Waals surface area contributed by atoms with Crippen molar-refractivity contribution < 1.29 is 13.2 Å². The molecular formula is C6H6F3N3. The van der Waals surface area contributed by atoms with Crippen LogP contribution in [-0.4, -0.2) is 22.7 Å². The fourth-order valence-corrected chi connectivity index (χ4v) is 0.570. The first-order valence-corrected chi connectivity index (χ1v) is 3.15. The van der Waals surface area contributed by atoms with E-state index in [1.54, 1.807) is 0 Å². The van der Waals surface area contributed by atoms with Gasteiger partial charge in [-0.05, 0) is 6.07 Å². The highest BCUT2D eigenvalue weighted by atomic mass is 19.4. The molecular weight excluding hydrogens is 171 g/mol. The number of rotatable bonds is 2. The molecule has 1 aromatic heterocycles. The minimum absolute atomic E-state index is 0.0187. The predicted molar refractivity (Wildman–Crippen MR) is 36.6 cm³/mol. The van der Waals surface area contributed by atoms with E-state index in [1.165, 1.54) is 18.5 Å². The van der Waals surface area contributed by atoms with Crippen LogP contribution in [0.3, 0.4) is 0 Å². The topological polar surface area (TPSA) is 37.8 Å². The number of nitrogens with one attached hydrogen (secondary N) is 1. The van der Waals surface area contributed by atoms with Crippen molar-refractivity contribution >= 4 is 5.95 Å². The van der Waals surface area contributed by atoms with Crippen LogP contribution in [0.25, 0.3) is 0 Å². The van der Waals surface area contributed by atoms with E-state index in [0.717, 1.165) is 0 Å². The Hall–Kier alpha value is -1.33. The third kappa shape index (κ3) is 3.18. The molecule has 0 amide bonds. The zero-order valence-corrected chi connectivity index (χ0v) is 5.97. The summed E-state index contributed by atoms with van der Waals surface area (Å²) in [5.74, 6) is -0.0187. The quantitative estimate of drug-likeness (QED) is 0.742. The molecule has 1 N–H and O–H groups in total. The molecule has 0 radical (unpaired) electrons. The summed E-state index contributed by atoms with van der Waals surface area (Å²) in [5, 5.41) is 2.04. The Morgan fingerprint density at radius 1 is 1.25 bits per heavy atom. The van der Waals surface area contributed by atoms with Crippen molar-refractivity contribution in [2.45, 2.75) is 6.18 Å². The lowest BCUT2D eigenvalue weighted by molar-refractivity contribution is -0.115. The molecule has 0 aromatic carbocycles. The number of alkyl halides is 3. The van der Waals surface area contributed by atoms with Gasteiger partial charge in [-0.25, -0.2) is 9.97 Å². The van der Waals surface area contributed by atoms with Gasteiger partial charge in [0.25, 0.3) is 0 Å². The average Bonchev–Trinajstić information content (AvgIpc) is 2.02. The molecule has 0 aliphatic rings. The van der Waals surface area contributed by atoms with Crippen molar-refractivity contribution in [3.05, 3.63) is 18.5 Å². The number of nitrogens with zero attached hydrogens (tertiary/aromatic N) is 2. The summed E-state index contributed by atoms with van der Waals surface area (Å²) >= 11 is 0. The number of aromatic nitrogens is 2. The Morgan fingerprint density at radius 3 is 2.33 bits per heavy atom. The van der Waals surface area contributed by atoms with Gasteiger partial charge in [-0.1, -0.05) is 0 Å². The molecule has 0 bridgehead atoms. The average molecular weight is 177 g/mol. The molecule has 1 heterocycles. The summed E-state index contributed by atoms with van der Waals surface area (Å²) in [5.41, 5.74) is 0. The number of anilines is 1. The third-order valence-electron chi connectivity index (χ3n) is 1.01.